The van der Waals surface area contributed by atoms with Gasteiger partial charge in [0.05, 0.1) is 7.11 Å². The Bertz CT molecular complexity index is 1440. The van der Waals surface area contributed by atoms with Gasteiger partial charge in [0.2, 0.25) is 17.8 Å². The molecular formula is C31H30N6O. The van der Waals surface area contributed by atoms with Gasteiger partial charge in [-0.2, -0.15) is 15.0 Å². The molecule has 0 bridgehead atoms. The number of anilines is 7. The Kier molecular flexibility index (Phi) is 7.17. The van der Waals surface area contributed by atoms with Crippen molar-refractivity contribution in [2.75, 3.05) is 35.9 Å². The second-order valence-corrected chi connectivity index (χ2v) is 8.89. The van der Waals surface area contributed by atoms with E-state index in [0.29, 0.717) is 17.8 Å². The van der Waals surface area contributed by atoms with Gasteiger partial charge in [0, 0.05) is 36.8 Å². The lowest BCUT2D eigenvalue weighted by molar-refractivity contribution is 0.415. The van der Waals surface area contributed by atoms with Crippen LogP contribution in [0.3, 0.4) is 0 Å². The molecule has 1 aromatic heterocycles. The third kappa shape index (κ3) is 5.27. The first-order chi connectivity index (χ1) is 18.5. The molecule has 0 fully saturated rings. The molecule has 4 aromatic carbocycles. The van der Waals surface area contributed by atoms with Gasteiger partial charge in [0.1, 0.15) is 5.75 Å². The molecule has 0 saturated carbocycles. The summed E-state index contributed by atoms with van der Waals surface area (Å²) in [4.78, 5) is 20.8. The molecule has 0 aliphatic carbocycles. The van der Waals surface area contributed by atoms with Crippen LogP contribution in [0.4, 0.5) is 40.6 Å². The van der Waals surface area contributed by atoms with Gasteiger partial charge in [-0.3, -0.25) is 4.90 Å². The normalized spacial score (nSPS) is 10.6. The molecule has 7 nitrogen and oxygen atoms in total. The molecule has 1 heterocycles. The van der Waals surface area contributed by atoms with E-state index in [4.69, 9.17) is 19.7 Å². The number of hydrogen-bond acceptors (Lipinski definition) is 7. The third-order valence-corrected chi connectivity index (χ3v) is 6.31. The third-order valence-electron chi connectivity index (χ3n) is 6.31. The van der Waals surface area contributed by atoms with E-state index in [1.165, 1.54) is 5.56 Å². The Hall–Kier alpha value is -4.91. The van der Waals surface area contributed by atoms with Crippen LogP contribution in [0.25, 0.3) is 0 Å². The van der Waals surface area contributed by atoms with E-state index in [9.17, 15) is 0 Å². The minimum absolute atomic E-state index is 0.515. The number of para-hydroxylation sites is 2. The molecule has 190 valence electrons. The number of aryl methyl sites for hydroxylation is 1. The molecule has 0 amide bonds. The van der Waals surface area contributed by atoms with Gasteiger partial charge in [-0.1, -0.05) is 54.1 Å². The minimum Gasteiger partial charge on any atom is -0.497 e. The van der Waals surface area contributed by atoms with E-state index in [1.54, 1.807) is 7.11 Å². The first-order valence-electron chi connectivity index (χ1n) is 12.4. The molecule has 0 spiro atoms. The average molecular weight is 503 g/mol. The average Bonchev–Trinajstić information content (AvgIpc) is 2.98. The Morgan fingerprint density at radius 3 is 1.37 bits per heavy atom. The summed E-state index contributed by atoms with van der Waals surface area (Å²) in [5.74, 6) is 2.36. The Labute approximate surface area is 223 Å². The second kappa shape index (κ2) is 11.0. The van der Waals surface area contributed by atoms with Gasteiger partial charge in [-0.25, -0.2) is 0 Å². The standard InChI is InChI=1S/C31H30N6O/c1-23-15-17-24(18-16-23)35(2)29-32-30(36(3)25-19-21-28(38-4)22-20-25)34-31(33-29)37(26-11-7-5-8-12-26)27-13-9-6-10-14-27/h5-22H,1-4H3. The number of nitrogens with zero attached hydrogens (tertiary/aromatic N) is 6. The van der Waals surface area contributed by atoms with E-state index < -0.39 is 0 Å². The number of aromatic nitrogens is 3. The first kappa shape index (κ1) is 24.8. The molecule has 0 N–H and O–H groups in total. The van der Waals surface area contributed by atoms with Crippen LogP contribution < -0.4 is 19.4 Å². The van der Waals surface area contributed by atoms with Crippen molar-refractivity contribution in [3.05, 3.63) is 115 Å². The van der Waals surface area contributed by atoms with Gasteiger partial charge < -0.3 is 14.5 Å². The number of methoxy groups -OCH3 is 1. The highest BCUT2D eigenvalue weighted by atomic mass is 16.5. The summed E-state index contributed by atoms with van der Waals surface area (Å²) in [6, 6.07) is 36.3. The Morgan fingerprint density at radius 1 is 0.500 bits per heavy atom. The lowest BCUT2D eigenvalue weighted by Gasteiger charge is -2.27. The quantitative estimate of drug-likeness (QED) is 0.222. The summed E-state index contributed by atoms with van der Waals surface area (Å²) in [5.41, 5.74) is 5.01. The second-order valence-electron chi connectivity index (χ2n) is 8.89. The lowest BCUT2D eigenvalue weighted by atomic mass is 10.2. The van der Waals surface area contributed by atoms with Crippen molar-refractivity contribution in [1.29, 1.82) is 0 Å². The number of ether oxygens (including phenoxy) is 1. The fraction of sp³-hybridized carbons (Fsp3) is 0.129. The van der Waals surface area contributed by atoms with Crippen LogP contribution in [0.1, 0.15) is 5.56 Å². The number of hydrogen-bond donors (Lipinski definition) is 0. The predicted octanol–water partition coefficient (Wildman–Crippen LogP) is 7.19. The lowest BCUT2D eigenvalue weighted by Crippen LogP contribution is -2.22. The van der Waals surface area contributed by atoms with E-state index >= 15 is 0 Å². The molecular weight excluding hydrogens is 472 g/mol. The van der Waals surface area contributed by atoms with Crippen molar-refractivity contribution in [3.63, 3.8) is 0 Å². The van der Waals surface area contributed by atoms with Gasteiger partial charge in [0.15, 0.2) is 0 Å². The van der Waals surface area contributed by atoms with Crippen molar-refractivity contribution in [3.8, 4) is 5.75 Å². The van der Waals surface area contributed by atoms with Crippen molar-refractivity contribution in [2.24, 2.45) is 0 Å². The maximum atomic E-state index is 5.34. The van der Waals surface area contributed by atoms with E-state index in [2.05, 4.69) is 31.2 Å². The maximum absolute atomic E-state index is 5.34. The Balaban J connectivity index is 1.67. The first-order valence-corrected chi connectivity index (χ1v) is 12.4. The molecule has 0 saturated heterocycles. The summed E-state index contributed by atoms with van der Waals surface area (Å²) in [7, 11) is 5.58. The van der Waals surface area contributed by atoms with Crippen LogP contribution in [0.5, 0.6) is 5.75 Å². The molecule has 0 atom stereocenters. The highest BCUT2D eigenvalue weighted by molar-refractivity contribution is 5.74. The summed E-state index contributed by atoms with van der Waals surface area (Å²) in [5, 5.41) is 0. The van der Waals surface area contributed by atoms with Gasteiger partial charge in [-0.15, -0.1) is 0 Å². The van der Waals surface area contributed by atoms with Gasteiger partial charge in [0.25, 0.3) is 0 Å². The largest absolute Gasteiger partial charge is 0.497 e. The van der Waals surface area contributed by atoms with E-state index in [1.807, 2.05) is 114 Å². The molecule has 5 rings (SSSR count). The fourth-order valence-electron chi connectivity index (χ4n) is 4.08. The zero-order valence-corrected chi connectivity index (χ0v) is 22.0. The van der Waals surface area contributed by atoms with E-state index in [-0.39, 0.29) is 0 Å². The molecule has 0 unspecified atom stereocenters. The van der Waals surface area contributed by atoms with E-state index in [0.717, 1.165) is 28.5 Å². The van der Waals surface area contributed by atoms with Gasteiger partial charge >= 0.3 is 0 Å². The maximum Gasteiger partial charge on any atom is 0.241 e. The van der Waals surface area contributed by atoms with Crippen molar-refractivity contribution in [2.45, 2.75) is 6.92 Å². The molecule has 7 heteroatoms. The van der Waals surface area contributed by atoms with Crippen molar-refractivity contribution >= 4 is 40.6 Å². The number of benzene rings is 4. The van der Waals surface area contributed by atoms with Crippen molar-refractivity contribution < 1.29 is 4.74 Å². The zero-order valence-electron chi connectivity index (χ0n) is 22.0. The smallest absolute Gasteiger partial charge is 0.241 e. The Morgan fingerprint density at radius 2 is 0.921 bits per heavy atom. The van der Waals surface area contributed by atoms with Crippen molar-refractivity contribution in [1.82, 2.24) is 15.0 Å². The van der Waals surface area contributed by atoms with Crippen LogP contribution in [-0.4, -0.2) is 36.2 Å². The monoisotopic (exact) mass is 502 g/mol. The van der Waals surface area contributed by atoms with Crippen LogP contribution in [-0.2, 0) is 0 Å². The zero-order chi connectivity index (χ0) is 26.5. The minimum atomic E-state index is 0.515. The summed E-state index contributed by atoms with van der Waals surface area (Å²) >= 11 is 0. The molecule has 0 aliphatic heterocycles. The fourth-order valence-corrected chi connectivity index (χ4v) is 4.08. The molecule has 5 aromatic rings. The molecule has 0 aliphatic rings. The SMILES string of the molecule is COc1ccc(N(C)c2nc(N(C)c3ccc(C)cc3)nc(N(c3ccccc3)c3ccccc3)n2)cc1. The summed E-state index contributed by atoms with van der Waals surface area (Å²) in [6.07, 6.45) is 0. The molecule has 38 heavy (non-hydrogen) atoms. The predicted molar refractivity (Wildman–Crippen MR) is 155 cm³/mol. The van der Waals surface area contributed by atoms with Crippen LogP contribution in [0.2, 0.25) is 0 Å². The van der Waals surface area contributed by atoms with Gasteiger partial charge in [-0.05, 0) is 67.6 Å². The molecule has 0 radical (unpaired) electrons. The summed E-state index contributed by atoms with van der Waals surface area (Å²) < 4.78 is 5.34. The highest BCUT2D eigenvalue weighted by Crippen LogP contribution is 2.35. The highest BCUT2D eigenvalue weighted by Gasteiger charge is 2.21. The van der Waals surface area contributed by atoms with Crippen LogP contribution >= 0.6 is 0 Å². The van der Waals surface area contributed by atoms with Crippen LogP contribution in [0.15, 0.2) is 109 Å². The van der Waals surface area contributed by atoms with Crippen LogP contribution in [0, 0.1) is 6.92 Å². The number of rotatable bonds is 8. The summed E-state index contributed by atoms with van der Waals surface area (Å²) in [6.45, 7) is 2.07. The topological polar surface area (TPSA) is 57.6 Å².